The van der Waals surface area contributed by atoms with Gasteiger partial charge in [0.1, 0.15) is 0 Å². The van der Waals surface area contributed by atoms with Gasteiger partial charge in [-0.05, 0) is 94.3 Å². The summed E-state index contributed by atoms with van der Waals surface area (Å²) in [7, 11) is 0. The molecule has 0 N–H and O–H groups in total. The maximum atomic E-state index is 6.94. The molecule has 0 radical (unpaired) electrons. The van der Waals surface area contributed by atoms with Crippen LogP contribution >= 0.6 is 0 Å². The van der Waals surface area contributed by atoms with Gasteiger partial charge in [0.25, 0.3) is 0 Å². The lowest BCUT2D eigenvalue weighted by atomic mass is 9.70. The van der Waals surface area contributed by atoms with Gasteiger partial charge in [-0.2, -0.15) is 0 Å². The summed E-state index contributed by atoms with van der Waals surface area (Å²) >= 11 is 0. The highest BCUT2D eigenvalue weighted by Gasteiger charge is 2.52. The number of nitrogens with zero attached hydrogens (tertiary/aromatic N) is 1. The molecule has 0 bridgehead atoms. The number of para-hydroxylation sites is 2. The lowest BCUT2D eigenvalue weighted by Gasteiger charge is -2.34. The summed E-state index contributed by atoms with van der Waals surface area (Å²) in [6, 6.07) is 48.1. The van der Waals surface area contributed by atoms with E-state index in [1.54, 1.807) is 0 Å². The first-order valence-corrected chi connectivity index (χ1v) is 15.5. The van der Waals surface area contributed by atoms with Gasteiger partial charge in [-0.15, -0.1) is 0 Å². The normalized spacial score (nSPS) is 14.7. The number of fused-ring (bicyclic) bond motifs is 12. The van der Waals surface area contributed by atoms with Crippen molar-refractivity contribution in [3.8, 4) is 45.3 Å². The van der Waals surface area contributed by atoms with Gasteiger partial charge < -0.3 is 14.4 Å². The summed E-state index contributed by atoms with van der Waals surface area (Å²) in [5, 5.41) is 0. The van der Waals surface area contributed by atoms with E-state index in [4.69, 9.17) is 9.47 Å². The Balaban J connectivity index is 1.26. The fourth-order valence-electron chi connectivity index (χ4n) is 7.77. The average Bonchev–Trinajstić information content (AvgIpc) is 3.54. The summed E-state index contributed by atoms with van der Waals surface area (Å²) in [5.41, 5.74) is 11.9. The van der Waals surface area contributed by atoms with E-state index in [0.29, 0.717) is 0 Å². The predicted octanol–water partition coefficient (Wildman–Crippen LogP) is 10.9. The molecule has 2 aliphatic carbocycles. The molecule has 44 heavy (non-hydrogen) atoms. The average molecular weight is 570 g/mol. The first-order chi connectivity index (χ1) is 21.7. The van der Waals surface area contributed by atoms with Gasteiger partial charge in [-0.1, -0.05) is 104 Å². The Morgan fingerprint density at radius 1 is 0.545 bits per heavy atom. The predicted molar refractivity (Wildman–Crippen MR) is 178 cm³/mol. The molecule has 1 spiro atoms. The Bertz CT molecular complexity index is 2050. The van der Waals surface area contributed by atoms with Crippen molar-refractivity contribution >= 4 is 11.4 Å². The number of rotatable bonds is 4. The van der Waals surface area contributed by atoms with Crippen LogP contribution in [-0.4, -0.2) is 6.04 Å². The smallest absolute Gasteiger partial charge is 0.193 e. The van der Waals surface area contributed by atoms with Crippen molar-refractivity contribution in [2.75, 3.05) is 4.90 Å². The molecule has 0 saturated carbocycles. The number of hydrogen-bond donors (Lipinski definition) is 0. The third kappa shape index (κ3) is 3.27. The Labute approximate surface area is 258 Å². The summed E-state index contributed by atoms with van der Waals surface area (Å²) in [6.07, 6.45) is 0.989. The first kappa shape index (κ1) is 25.2. The molecule has 0 aromatic heterocycles. The molecule has 0 saturated heterocycles. The molecule has 6 aromatic carbocycles. The van der Waals surface area contributed by atoms with Crippen molar-refractivity contribution in [2.45, 2.75) is 31.7 Å². The SMILES string of the molecule is CCC(C)N(c1ccccc1)c1cccc2c1Oc1cc3c(cc1O2)-c1ccccc1C31c2ccccc2-c2ccccc21. The molecule has 3 aliphatic rings. The summed E-state index contributed by atoms with van der Waals surface area (Å²) in [6.45, 7) is 4.48. The van der Waals surface area contributed by atoms with Crippen LogP contribution in [0, 0.1) is 0 Å². The second-order valence-electron chi connectivity index (χ2n) is 12.0. The fourth-order valence-corrected chi connectivity index (χ4v) is 7.77. The molecular weight excluding hydrogens is 538 g/mol. The molecule has 1 heterocycles. The fraction of sp³-hybridized carbons (Fsp3) is 0.122. The van der Waals surface area contributed by atoms with Gasteiger partial charge in [0.2, 0.25) is 0 Å². The highest BCUT2D eigenvalue weighted by molar-refractivity contribution is 5.96. The highest BCUT2D eigenvalue weighted by atomic mass is 16.6. The Morgan fingerprint density at radius 2 is 1.11 bits per heavy atom. The third-order valence-electron chi connectivity index (χ3n) is 9.78. The molecule has 9 rings (SSSR count). The van der Waals surface area contributed by atoms with Gasteiger partial charge in [-0.3, -0.25) is 0 Å². The topological polar surface area (TPSA) is 21.7 Å². The second-order valence-corrected chi connectivity index (χ2v) is 12.0. The minimum absolute atomic E-state index is 0.262. The van der Waals surface area contributed by atoms with E-state index in [1.807, 2.05) is 6.07 Å². The van der Waals surface area contributed by atoms with E-state index in [0.717, 1.165) is 40.8 Å². The van der Waals surface area contributed by atoms with Crippen molar-refractivity contribution in [2.24, 2.45) is 0 Å². The Morgan fingerprint density at radius 3 is 1.75 bits per heavy atom. The minimum Gasteiger partial charge on any atom is -0.449 e. The van der Waals surface area contributed by atoms with E-state index >= 15 is 0 Å². The number of anilines is 2. The molecule has 3 heteroatoms. The molecule has 6 aromatic rings. The van der Waals surface area contributed by atoms with Gasteiger partial charge in [-0.25, -0.2) is 0 Å². The van der Waals surface area contributed by atoms with E-state index in [9.17, 15) is 0 Å². The molecule has 0 fully saturated rings. The zero-order chi connectivity index (χ0) is 29.4. The summed E-state index contributed by atoms with van der Waals surface area (Å²) in [5.74, 6) is 2.97. The van der Waals surface area contributed by atoms with E-state index in [2.05, 4.69) is 146 Å². The third-order valence-corrected chi connectivity index (χ3v) is 9.78. The van der Waals surface area contributed by atoms with Crippen molar-refractivity contribution in [1.82, 2.24) is 0 Å². The van der Waals surface area contributed by atoms with E-state index in [1.165, 1.54) is 44.5 Å². The Hall–Kier alpha value is -5.28. The lowest BCUT2D eigenvalue weighted by Crippen LogP contribution is -2.28. The first-order valence-electron chi connectivity index (χ1n) is 15.5. The van der Waals surface area contributed by atoms with E-state index < -0.39 is 5.41 Å². The molecule has 0 amide bonds. The van der Waals surface area contributed by atoms with Gasteiger partial charge in [0, 0.05) is 11.7 Å². The zero-order valence-corrected chi connectivity index (χ0v) is 24.7. The standard InChI is InChI=1S/C41H31NO2/c1-3-26(2)42(27-14-5-4-6-15-27)36-22-13-23-37-40(36)44-39-25-35-31(24-38(39)43-37)30-18-9-12-21-34(30)41(35)32-19-10-7-16-28(32)29-17-8-11-20-33(29)41/h4-26H,3H2,1-2H3. The van der Waals surface area contributed by atoms with Gasteiger partial charge in [0.05, 0.1) is 11.1 Å². The van der Waals surface area contributed by atoms with Gasteiger partial charge in [0.15, 0.2) is 23.0 Å². The Kier molecular flexibility index (Phi) is 5.37. The van der Waals surface area contributed by atoms with Crippen LogP contribution in [-0.2, 0) is 5.41 Å². The zero-order valence-electron chi connectivity index (χ0n) is 24.7. The molecular formula is C41H31NO2. The maximum absolute atomic E-state index is 6.94. The van der Waals surface area contributed by atoms with Crippen LogP contribution in [0.5, 0.6) is 23.0 Å². The monoisotopic (exact) mass is 569 g/mol. The molecule has 1 aliphatic heterocycles. The lowest BCUT2D eigenvalue weighted by molar-refractivity contribution is 0.359. The highest BCUT2D eigenvalue weighted by Crippen LogP contribution is 2.65. The molecule has 1 atom stereocenters. The van der Waals surface area contributed by atoms with Crippen LogP contribution in [0.25, 0.3) is 22.3 Å². The van der Waals surface area contributed by atoms with Crippen LogP contribution in [0.4, 0.5) is 11.4 Å². The second kappa shape index (κ2) is 9.36. The maximum Gasteiger partial charge on any atom is 0.193 e. The van der Waals surface area contributed by atoms with Gasteiger partial charge >= 0.3 is 0 Å². The van der Waals surface area contributed by atoms with Crippen LogP contribution in [0.2, 0.25) is 0 Å². The largest absolute Gasteiger partial charge is 0.449 e. The number of ether oxygens (including phenoxy) is 2. The number of hydrogen-bond acceptors (Lipinski definition) is 3. The minimum atomic E-state index is -0.426. The molecule has 3 nitrogen and oxygen atoms in total. The quantitative estimate of drug-likeness (QED) is 0.210. The van der Waals surface area contributed by atoms with Crippen molar-refractivity contribution in [3.05, 3.63) is 156 Å². The number of benzene rings is 6. The van der Waals surface area contributed by atoms with Crippen LogP contribution in [0.3, 0.4) is 0 Å². The summed E-state index contributed by atoms with van der Waals surface area (Å²) < 4.78 is 13.6. The molecule has 212 valence electrons. The van der Waals surface area contributed by atoms with E-state index in [-0.39, 0.29) is 6.04 Å². The van der Waals surface area contributed by atoms with Crippen molar-refractivity contribution in [3.63, 3.8) is 0 Å². The van der Waals surface area contributed by atoms with Crippen LogP contribution in [0.1, 0.15) is 42.5 Å². The summed E-state index contributed by atoms with van der Waals surface area (Å²) in [4.78, 5) is 2.36. The van der Waals surface area contributed by atoms with Crippen LogP contribution in [0.15, 0.2) is 133 Å². The molecule has 1 unspecified atom stereocenters. The van der Waals surface area contributed by atoms with Crippen molar-refractivity contribution in [1.29, 1.82) is 0 Å². The van der Waals surface area contributed by atoms with Crippen LogP contribution < -0.4 is 14.4 Å². The van der Waals surface area contributed by atoms with Crippen molar-refractivity contribution < 1.29 is 9.47 Å².